The van der Waals surface area contributed by atoms with Crippen LogP contribution in [0.25, 0.3) is 0 Å². The van der Waals surface area contributed by atoms with E-state index in [2.05, 4.69) is 24.0 Å². The minimum atomic E-state index is -0.0868. The predicted molar refractivity (Wildman–Crippen MR) is 63.9 cm³/mol. The zero-order valence-electron chi connectivity index (χ0n) is 9.53. The van der Waals surface area contributed by atoms with E-state index in [1.165, 1.54) is 0 Å². The molecule has 2 atom stereocenters. The van der Waals surface area contributed by atoms with Crippen molar-refractivity contribution in [1.29, 1.82) is 0 Å². The van der Waals surface area contributed by atoms with Crippen LogP contribution in [0.1, 0.15) is 38.3 Å². The highest BCUT2D eigenvalue weighted by atomic mass is 35.5. The maximum atomic E-state index is 11.6. The van der Waals surface area contributed by atoms with Gasteiger partial charge in [-0.1, -0.05) is 13.8 Å². The Kier molecular flexibility index (Phi) is 3.19. The molecule has 1 amide bonds. The largest absolute Gasteiger partial charge is 0.294 e. The Labute approximate surface area is 100.0 Å². The summed E-state index contributed by atoms with van der Waals surface area (Å²) in [4.78, 5) is 13.3. The topological polar surface area (TPSA) is 49.0 Å². The number of rotatable bonds is 3. The van der Waals surface area contributed by atoms with Crippen LogP contribution < -0.4 is 4.90 Å². The monoisotopic (exact) mass is 241 g/mol. The van der Waals surface area contributed by atoms with Crippen molar-refractivity contribution in [3.8, 4) is 0 Å². The van der Waals surface area contributed by atoms with Crippen molar-refractivity contribution in [3.05, 3.63) is 11.8 Å². The SMILES string of the molecule is CCC(C)c1cc(N2CC(Cl)CC2=O)n[nH]1. The first-order valence-corrected chi connectivity index (χ1v) is 6.05. The van der Waals surface area contributed by atoms with Gasteiger partial charge in [0.25, 0.3) is 0 Å². The zero-order chi connectivity index (χ0) is 11.7. The third-order valence-electron chi connectivity index (χ3n) is 3.08. The zero-order valence-corrected chi connectivity index (χ0v) is 10.3. The van der Waals surface area contributed by atoms with E-state index in [1.54, 1.807) is 4.90 Å². The minimum absolute atomic E-state index is 0.0576. The summed E-state index contributed by atoms with van der Waals surface area (Å²) in [6.07, 6.45) is 1.46. The average molecular weight is 242 g/mol. The number of amides is 1. The molecule has 1 saturated heterocycles. The molecule has 88 valence electrons. The number of anilines is 1. The molecule has 0 radical (unpaired) electrons. The number of carbonyl (C=O) groups is 1. The van der Waals surface area contributed by atoms with Crippen LogP contribution in [0.4, 0.5) is 5.82 Å². The molecule has 1 aliphatic heterocycles. The number of hydrogen-bond acceptors (Lipinski definition) is 2. The first-order chi connectivity index (χ1) is 7.61. The van der Waals surface area contributed by atoms with Crippen LogP contribution in [0.2, 0.25) is 0 Å². The molecule has 0 spiro atoms. The molecule has 1 aromatic rings. The van der Waals surface area contributed by atoms with Crippen LogP contribution in [-0.4, -0.2) is 28.0 Å². The maximum Gasteiger partial charge on any atom is 0.229 e. The smallest absolute Gasteiger partial charge is 0.229 e. The second kappa shape index (κ2) is 4.45. The van der Waals surface area contributed by atoms with Gasteiger partial charge in [0.15, 0.2) is 5.82 Å². The van der Waals surface area contributed by atoms with Gasteiger partial charge in [0.05, 0.1) is 5.38 Å². The van der Waals surface area contributed by atoms with E-state index in [0.29, 0.717) is 24.7 Å². The fourth-order valence-electron chi connectivity index (χ4n) is 1.82. The molecule has 2 rings (SSSR count). The summed E-state index contributed by atoms with van der Waals surface area (Å²) in [6, 6.07) is 1.95. The highest BCUT2D eigenvalue weighted by Crippen LogP contribution is 2.25. The van der Waals surface area contributed by atoms with E-state index in [0.717, 1.165) is 12.1 Å². The fourth-order valence-corrected chi connectivity index (χ4v) is 2.09. The molecule has 4 nitrogen and oxygen atoms in total. The Morgan fingerprint density at radius 1 is 1.75 bits per heavy atom. The van der Waals surface area contributed by atoms with Crippen LogP contribution in [0.3, 0.4) is 0 Å². The second-order valence-corrected chi connectivity index (χ2v) is 4.91. The van der Waals surface area contributed by atoms with E-state index in [9.17, 15) is 4.79 Å². The predicted octanol–water partition coefficient (Wildman–Crippen LogP) is 2.27. The molecule has 0 aromatic carbocycles. The molecule has 16 heavy (non-hydrogen) atoms. The first kappa shape index (κ1) is 11.5. The molecule has 2 heterocycles. The van der Waals surface area contributed by atoms with Gasteiger partial charge in [0.1, 0.15) is 0 Å². The van der Waals surface area contributed by atoms with Crippen LogP contribution in [0.5, 0.6) is 0 Å². The van der Waals surface area contributed by atoms with Crippen molar-refractivity contribution >= 4 is 23.3 Å². The van der Waals surface area contributed by atoms with E-state index < -0.39 is 0 Å². The number of aromatic nitrogens is 2. The van der Waals surface area contributed by atoms with Crippen molar-refractivity contribution in [2.45, 2.75) is 38.0 Å². The summed E-state index contributed by atoms with van der Waals surface area (Å²) < 4.78 is 0. The third kappa shape index (κ3) is 2.07. The number of alkyl halides is 1. The Bertz CT molecular complexity index is 390. The van der Waals surface area contributed by atoms with Crippen molar-refractivity contribution in [2.24, 2.45) is 0 Å². The summed E-state index contributed by atoms with van der Waals surface area (Å²) in [5.41, 5.74) is 1.07. The summed E-state index contributed by atoms with van der Waals surface area (Å²) in [5, 5.41) is 7.07. The van der Waals surface area contributed by atoms with Gasteiger partial charge in [-0.25, -0.2) is 0 Å². The molecule has 0 aliphatic carbocycles. The van der Waals surface area contributed by atoms with E-state index in [1.807, 2.05) is 6.07 Å². The molecule has 0 saturated carbocycles. The standard InChI is InChI=1S/C11H16ClN3O/c1-3-7(2)9-5-10(14-13-9)15-6-8(12)4-11(15)16/h5,7-8H,3-4,6H2,1-2H3,(H,13,14). The van der Waals surface area contributed by atoms with Gasteiger partial charge in [0.2, 0.25) is 5.91 Å². The van der Waals surface area contributed by atoms with Gasteiger partial charge < -0.3 is 0 Å². The third-order valence-corrected chi connectivity index (χ3v) is 3.37. The van der Waals surface area contributed by atoms with Crippen LogP contribution in [0.15, 0.2) is 6.07 Å². The van der Waals surface area contributed by atoms with Crippen molar-refractivity contribution in [2.75, 3.05) is 11.4 Å². The number of aromatic amines is 1. The summed E-state index contributed by atoms with van der Waals surface area (Å²) in [5.74, 6) is 1.19. The molecular weight excluding hydrogens is 226 g/mol. The number of nitrogens with zero attached hydrogens (tertiary/aromatic N) is 2. The molecule has 5 heteroatoms. The van der Waals surface area contributed by atoms with Gasteiger partial charge >= 0.3 is 0 Å². The van der Waals surface area contributed by atoms with Gasteiger partial charge in [0, 0.05) is 24.7 Å². The van der Waals surface area contributed by atoms with Gasteiger partial charge in [-0.3, -0.25) is 14.8 Å². The number of H-pyrrole nitrogens is 1. The van der Waals surface area contributed by atoms with Crippen molar-refractivity contribution in [1.82, 2.24) is 10.2 Å². The lowest BCUT2D eigenvalue weighted by Gasteiger charge is -2.11. The Balaban J connectivity index is 2.16. The quantitative estimate of drug-likeness (QED) is 0.826. The lowest BCUT2D eigenvalue weighted by molar-refractivity contribution is -0.117. The lowest BCUT2D eigenvalue weighted by atomic mass is 10.1. The molecule has 1 aliphatic rings. The molecule has 0 bridgehead atoms. The molecule has 1 N–H and O–H groups in total. The maximum absolute atomic E-state index is 11.6. The minimum Gasteiger partial charge on any atom is -0.294 e. The van der Waals surface area contributed by atoms with Crippen LogP contribution in [-0.2, 0) is 4.79 Å². The highest BCUT2D eigenvalue weighted by molar-refractivity contribution is 6.24. The van der Waals surface area contributed by atoms with Crippen molar-refractivity contribution in [3.63, 3.8) is 0 Å². The van der Waals surface area contributed by atoms with Gasteiger partial charge in [-0.15, -0.1) is 11.6 Å². The Morgan fingerprint density at radius 2 is 2.50 bits per heavy atom. The molecule has 1 aromatic heterocycles. The highest BCUT2D eigenvalue weighted by Gasteiger charge is 2.30. The van der Waals surface area contributed by atoms with E-state index in [4.69, 9.17) is 11.6 Å². The van der Waals surface area contributed by atoms with Crippen LogP contribution >= 0.6 is 11.6 Å². The van der Waals surface area contributed by atoms with Crippen LogP contribution in [0, 0.1) is 0 Å². The summed E-state index contributed by atoms with van der Waals surface area (Å²) in [7, 11) is 0. The van der Waals surface area contributed by atoms with Gasteiger partial charge in [-0.05, 0) is 12.3 Å². The fraction of sp³-hybridized carbons (Fsp3) is 0.636. The summed E-state index contributed by atoms with van der Waals surface area (Å²) in [6.45, 7) is 4.82. The molecule has 2 unspecified atom stereocenters. The normalized spacial score (nSPS) is 22.8. The first-order valence-electron chi connectivity index (χ1n) is 5.61. The molecular formula is C11H16ClN3O. The summed E-state index contributed by atoms with van der Waals surface area (Å²) >= 11 is 5.95. The Hall–Kier alpha value is -1.03. The van der Waals surface area contributed by atoms with Crippen molar-refractivity contribution < 1.29 is 4.79 Å². The number of carbonyl (C=O) groups excluding carboxylic acids is 1. The van der Waals surface area contributed by atoms with E-state index >= 15 is 0 Å². The van der Waals surface area contributed by atoms with Gasteiger partial charge in [-0.2, -0.15) is 5.10 Å². The number of nitrogens with one attached hydrogen (secondary N) is 1. The lowest BCUT2D eigenvalue weighted by Crippen LogP contribution is -2.24. The number of halogens is 1. The number of hydrogen-bond donors (Lipinski definition) is 1. The average Bonchev–Trinajstić information content (AvgIpc) is 2.83. The second-order valence-electron chi connectivity index (χ2n) is 4.30. The molecule has 1 fully saturated rings. The van der Waals surface area contributed by atoms with E-state index in [-0.39, 0.29) is 11.3 Å². The Morgan fingerprint density at radius 3 is 3.06 bits per heavy atom.